The van der Waals surface area contributed by atoms with E-state index >= 15 is 0 Å². The molecule has 0 aromatic heterocycles. The summed E-state index contributed by atoms with van der Waals surface area (Å²) < 4.78 is 22.5. The summed E-state index contributed by atoms with van der Waals surface area (Å²) in [5.74, 6) is 0.497. The summed E-state index contributed by atoms with van der Waals surface area (Å²) in [5, 5.41) is 9.28. The zero-order valence-electron chi connectivity index (χ0n) is 10.3. The largest absolute Gasteiger partial charge is 0.393 e. The average molecular weight is 236 g/mol. The summed E-state index contributed by atoms with van der Waals surface area (Å²) >= 11 is 0. The number of aliphatic hydroxyl groups is 1. The lowest BCUT2D eigenvalue weighted by molar-refractivity contribution is 0.124. The fourth-order valence-electron chi connectivity index (χ4n) is 1.82. The Morgan fingerprint density at radius 3 is 2.27 bits per heavy atom. The first kappa shape index (κ1) is 14.9. The first-order valence-electron chi connectivity index (χ1n) is 5.57. The highest BCUT2D eigenvalue weighted by molar-refractivity contribution is 7.91. The fourth-order valence-corrected chi connectivity index (χ4v) is 2.69. The number of hydrogen-bond donors (Lipinski definition) is 1. The first-order chi connectivity index (χ1) is 6.68. The molecule has 0 aliphatic rings. The van der Waals surface area contributed by atoms with Gasteiger partial charge in [-0.25, -0.2) is 8.42 Å². The zero-order chi connectivity index (χ0) is 12.1. The summed E-state index contributed by atoms with van der Waals surface area (Å²) in [6.07, 6.45) is 1.94. The molecule has 0 saturated heterocycles. The minimum atomic E-state index is -2.83. The molecule has 0 saturated carbocycles. The summed E-state index contributed by atoms with van der Waals surface area (Å²) in [6, 6.07) is 0. The Labute approximate surface area is 93.8 Å². The maximum Gasteiger partial charge on any atom is 0.150 e. The van der Waals surface area contributed by atoms with Crippen LogP contribution in [0.2, 0.25) is 0 Å². The highest BCUT2D eigenvalue weighted by Gasteiger charge is 2.20. The van der Waals surface area contributed by atoms with Gasteiger partial charge in [0.05, 0.1) is 11.9 Å². The van der Waals surface area contributed by atoms with Crippen molar-refractivity contribution in [3.05, 3.63) is 0 Å². The Balaban J connectivity index is 3.95. The average Bonchev–Trinajstić information content (AvgIpc) is 2.00. The number of aliphatic hydroxyl groups excluding tert-OH is 1. The molecule has 1 N–H and O–H groups in total. The Bertz CT molecular complexity index is 266. The maximum absolute atomic E-state index is 11.3. The van der Waals surface area contributed by atoms with Gasteiger partial charge in [-0.05, 0) is 31.6 Å². The molecule has 15 heavy (non-hydrogen) atoms. The second kappa shape index (κ2) is 5.85. The molecule has 0 aromatic carbocycles. The molecule has 0 heterocycles. The molecule has 0 bridgehead atoms. The number of sulfone groups is 1. The molecule has 1 unspecified atom stereocenters. The van der Waals surface area contributed by atoms with E-state index in [0.717, 1.165) is 12.8 Å². The fraction of sp³-hybridized carbons (Fsp3) is 1.00. The SMILES string of the molecule is CCS(=O)(=O)CCCC(C)(C)CC(C)O. The summed E-state index contributed by atoms with van der Waals surface area (Å²) in [4.78, 5) is 0. The van der Waals surface area contributed by atoms with Crippen LogP contribution in [0.15, 0.2) is 0 Å². The van der Waals surface area contributed by atoms with E-state index in [1.165, 1.54) is 0 Å². The van der Waals surface area contributed by atoms with Gasteiger partial charge < -0.3 is 5.11 Å². The molecule has 3 nitrogen and oxygen atoms in total. The Hall–Kier alpha value is -0.0900. The molecule has 0 spiro atoms. The van der Waals surface area contributed by atoms with Crippen molar-refractivity contribution in [1.29, 1.82) is 0 Å². The van der Waals surface area contributed by atoms with Crippen molar-refractivity contribution < 1.29 is 13.5 Å². The summed E-state index contributed by atoms with van der Waals surface area (Å²) in [7, 11) is -2.83. The van der Waals surface area contributed by atoms with E-state index in [1.807, 2.05) is 0 Å². The van der Waals surface area contributed by atoms with Crippen LogP contribution in [0.1, 0.15) is 47.0 Å². The molecule has 0 aliphatic heterocycles. The van der Waals surface area contributed by atoms with Gasteiger partial charge in [-0.1, -0.05) is 20.8 Å². The number of hydrogen-bond acceptors (Lipinski definition) is 3. The first-order valence-corrected chi connectivity index (χ1v) is 7.39. The van der Waals surface area contributed by atoms with E-state index in [9.17, 15) is 13.5 Å². The molecule has 1 atom stereocenters. The van der Waals surface area contributed by atoms with Crippen molar-refractivity contribution in [2.45, 2.75) is 53.1 Å². The lowest BCUT2D eigenvalue weighted by atomic mass is 9.83. The van der Waals surface area contributed by atoms with E-state index in [1.54, 1.807) is 13.8 Å². The van der Waals surface area contributed by atoms with Gasteiger partial charge in [0, 0.05) is 5.75 Å². The van der Waals surface area contributed by atoms with Crippen molar-refractivity contribution in [2.24, 2.45) is 5.41 Å². The number of rotatable bonds is 7. The van der Waals surface area contributed by atoms with Crippen molar-refractivity contribution in [2.75, 3.05) is 11.5 Å². The molecule has 0 aromatic rings. The maximum atomic E-state index is 11.3. The summed E-state index contributed by atoms with van der Waals surface area (Å²) in [6.45, 7) is 7.58. The molecule has 0 fully saturated rings. The van der Waals surface area contributed by atoms with Crippen LogP contribution >= 0.6 is 0 Å². The van der Waals surface area contributed by atoms with E-state index < -0.39 is 9.84 Å². The molecule has 0 rings (SSSR count). The van der Waals surface area contributed by atoms with Gasteiger partial charge in [0.2, 0.25) is 0 Å². The minimum absolute atomic E-state index is 0.0252. The molecule has 0 radical (unpaired) electrons. The Morgan fingerprint density at radius 2 is 1.87 bits per heavy atom. The van der Waals surface area contributed by atoms with Gasteiger partial charge in [-0.3, -0.25) is 0 Å². The standard InChI is InChI=1S/C11H24O3S/c1-5-15(13,14)8-6-7-11(3,4)9-10(2)12/h10,12H,5-9H2,1-4H3. The lowest BCUT2D eigenvalue weighted by Gasteiger charge is -2.25. The van der Waals surface area contributed by atoms with E-state index in [2.05, 4.69) is 13.8 Å². The van der Waals surface area contributed by atoms with Crippen LogP contribution < -0.4 is 0 Å². The second-order valence-electron chi connectivity index (χ2n) is 5.06. The quantitative estimate of drug-likeness (QED) is 0.735. The Morgan fingerprint density at radius 1 is 1.33 bits per heavy atom. The third-order valence-corrected chi connectivity index (χ3v) is 4.39. The molecule has 0 aliphatic carbocycles. The van der Waals surface area contributed by atoms with E-state index in [-0.39, 0.29) is 23.0 Å². The Kier molecular flexibility index (Phi) is 5.81. The van der Waals surface area contributed by atoms with Gasteiger partial charge in [0.1, 0.15) is 9.84 Å². The second-order valence-corrected chi connectivity index (χ2v) is 7.53. The third-order valence-electron chi connectivity index (χ3n) is 2.60. The van der Waals surface area contributed by atoms with Crippen molar-refractivity contribution in [3.8, 4) is 0 Å². The zero-order valence-corrected chi connectivity index (χ0v) is 11.1. The predicted octanol–water partition coefficient (Wildman–Crippen LogP) is 2.00. The van der Waals surface area contributed by atoms with E-state index in [0.29, 0.717) is 6.42 Å². The third kappa shape index (κ3) is 7.79. The predicted molar refractivity (Wildman–Crippen MR) is 63.6 cm³/mol. The van der Waals surface area contributed by atoms with E-state index in [4.69, 9.17) is 0 Å². The van der Waals surface area contributed by atoms with Crippen molar-refractivity contribution in [1.82, 2.24) is 0 Å². The van der Waals surface area contributed by atoms with Gasteiger partial charge in [0.25, 0.3) is 0 Å². The lowest BCUT2D eigenvalue weighted by Crippen LogP contribution is -2.20. The van der Waals surface area contributed by atoms with Gasteiger partial charge in [0.15, 0.2) is 0 Å². The topological polar surface area (TPSA) is 54.4 Å². The molecule has 92 valence electrons. The molecule has 4 heteroatoms. The van der Waals surface area contributed by atoms with Crippen LogP contribution in [0, 0.1) is 5.41 Å². The minimum Gasteiger partial charge on any atom is -0.393 e. The highest BCUT2D eigenvalue weighted by atomic mass is 32.2. The van der Waals surface area contributed by atoms with Crippen LogP contribution in [0.4, 0.5) is 0 Å². The van der Waals surface area contributed by atoms with Crippen molar-refractivity contribution in [3.63, 3.8) is 0 Å². The molecule has 0 amide bonds. The van der Waals surface area contributed by atoms with Crippen LogP contribution in [-0.2, 0) is 9.84 Å². The molecular weight excluding hydrogens is 212 g/mol. The van der Waals surface area contributed by atoms with Crippen LogP contribution in [0.25, 0.3) is 0 Å². The summed E-state index contributed by atoms with van der Waals surface area (Å²) in [5.41, 5.74) is 0.0252. The normalized spacial score (nSPS) is 15.3. The van der Waals surface area contributed by atoms with Crippen LogP contribution in [0.3, 0.4) is 0 Å². The monoisotopic (exact) mass is 236 g/mol. The van der Waals surface area contributed by atoms with Gasteiger partial charge in [-0.2, -0.15) is 0 Å². The van der Waals surface area contributed by atoms with Crippen LogP contribution in [-0.4, -0.2) is 31.1 Å². The highest BCUT2D eigenvalue weighted by Crippen LogP contribution is 2.28. The molecular formula is C11H24O3S. The van der Waals surface area contributed by atoms with Gasteiger partial charge >= 0.3 is 0 Å². The van der Waals surface area contributed by atoms with Gasteiger partial charge in [-0.15, -0.1) is 0 Å². The smallest absolute Gasteiger partial charge is 0.150 e. The van der Waals surface area contributed by atoms with Crippen molar-refractivity contribution >= 4 is 9.84 Å². The van der Waals surface area contributed by atoms with Crippen LogP contribution in [0.5, 0.6) is 0 Å².